The summed E-state index contributed by atoms with van der Waals surface area (Å²) in [6.45, 7) is 9.87. The zero-order valence-corrected chi connectivity index (χ0v) is 17.8. The summed E-state index contributed by atoms with van der Waals surface area (Å²) in [6.07, 6.45) is 0. The first-order chi connectivity index (χ1) is 13.3. The Balaban J connectivity index is 1.99. The zero-order chi connectivity index (χ0) is 20.3. The van der Waals surface area contributed by atoms with E-state index in [4.69, 9.17) is 9.05 Å². The van der Waals surface area contributed by atoms with Gasteiger partial charge in [0, 0.05) is 5.69 Å². The average Bonchev–Trinajstić information content (AvgIpc) is 2.65. The van der Waals surface area contributed by atoms with Crippen molar-refractivity contribution in [1.82, 2.24) is 0 Å². The minimum absolute atomic E-state index is 0.535. The molecule has 28 heavy (non-hydrogen) atoms. The lowest BCUT2D eigenvalue weighted by Crippen LogP contribution is -2.11. The normalized spacial score (nSPS) is 11.2. The van der Waals surface area contributed by atoms with E-state index in [1.165, 1.54) is 0 Å². The van der Waals surface area contributed by atoms with E-state index in [1.54, 1.807) is 12.1 Å². The van der Waals surface area contributed by atoms with Gasteiger partial charge >= 0.3 is 7.75 Å². The summed E-state index contributed by atoms with van der Waals surface area (Å²) in [6, 6.07) is 19.0. The molecule has 0 atom stereocenters. The van der Waals surface area contributed by atoms with Gasteiger partial charge in [-0.2, -0.15) is 0 Å². The van der Waals surface area contributed by atoms with Crippen LogP contribution in [0.5, 0.6) is 11.5 Å². The minimum Gasteiger partial charge on any atom is -0.400 e. The Bertz CT molecular complexity index is 971. The van der Waals surface area contributed by atoms with Crippen molar-refractivity contribution in [1.29, 1.82) is 0 Å². The van der Waals surface area contributed by atoms with Crippen molar-refractivity contribution in [2.24, 2.45) is 0 Å². The summed E-state index contributed by atoms with van der Waals surface area (Å²) in [5, 5.41) is 2.98. The van der Waals surface area contributed by atoms with Gasteiger partial charge in [-0.15, -0.1) is 0 Å². The monoisotopic (exact) mass is 395 g/mol. The van der Waals surface area contributed by atoms with Gasteiger partial charge in [0.15, 0.2) is 0 Å². The molecule has 3 aromatic rings. The molecule has 0 bridgehead atoms. The van der Waals surface area contributed by atoms with Crippen LogP contribution in [0.1, 0.15) is 27.8 Å². The van der Waals surface area contributed by atoms with Gasteiger partial charge in [-0.1, -0.05) is 42.0 Å². The van der Waals surface area contributed by atoms with Crippen molar-refractivity contribution in [3.63, 3.8) is 0 Å². The van der Waals surface area contributed by atoms with Crippen molar-refractivity contribution >= 4 is 13.4 Å². The van der Waals surface area contributed by atoms with E-state index < -0.39 is 7.75 Å². The number of hydrogen-bond acceptors (Lipinski definition) is 3. The predicted octanol–water partition coefficient (Wildman–Crippen LogP) is 6.91. The molecular weight excluding hydrogens is 369 g/mol. The molecule has 4 nitrogen and oxygen atoms in total. The Morgan fingerprint density at radius 3 is 1.61 bits per heavy atom. The van der Waals surface area contributed by atoms with Crippen LogP contribution in [-0.4, -0.2) is 0 Å². The lowest BCUT2D eigenvalue weighted by molar-refractivity contribution is 0.390. The molecule has 0 aliphatic heterocycles. The molecule has 0 radical (unpaired) electrons. The van der Waals surface area contributed by atoms with Crippen LogP contribution in [0.15, 0.2) is 60.7 Å². The summed E-state index contributed by atoms with van der Waals surface area (Å²) in [5.74, 6) is 1.07. The topological polar surface area (TPSA) is 47.6 Å². The molecule has 3 aromatic carbocycles. The molecule has 0 saturated carbocycles. The third-order valence-corrected chi connectivity index (χ3v) is 6.27. The maximum atomic E-state index is 13.8. The molecule has 146 valence electrons. The van der Waals surface area contributed by atoms with E-state index in [1.807, 2.05) is 83.1 Å². The highest BCUT2D eigenvalue weighted by molar-refractivity contribution is 7.56. The zero-order valence-electron chi connectivity index (χ0n) is 16.9. The largest absolute Gasteiger partial charge is 0.541 e. The number of aryl methyl sites for hydroxylation is 3. The fourth-order valence-electron chi connectivity index (χ4n) is 2.76. The van der Waals surface area contributed by atoms with Crippen LogP contribution in [0.3, 0.4) is 0 Å². The smallest absolute Gasteiger partial charge is 0.400 e. The predicted molar refractivity (Wildman–Crippen MR) is 115 cm³/mol. The molecule has 0 aliphatic rings. The van der Waals surface area contributed by atoms with Gasteiger partial charge in [-0.05, 0) is 81.1 Å². The Morgan fingerprint density at radius 1 is 0.679 bits per heavy atom. The van der Waals surface area contributed by atoms with Gasteiger partial charge < -0.3 is 9.05 Å². The molecule has 0 heterocycles. The van der Waals surface area contributed by atoms with Crippen molar-refractivity contribution in [3.8, 4) is 11.5 Å². The lowest BCUT2D eigenvalue weighted by Gasteiger charge is -2.23. The lowest BCUT2D eigenvalue weighted by atomic mass is 10.1. The number of nitrogens with one attached hydrogen (secondary N) is 1. The van der Waals surface area contributed by atoms with Crippen LogP contribution in [-0.2, 0) is 4.57 Å². The highest BCUT2D eigenvalue weighted by Gasteiger charge is 2.30. The van der Waals surface area contributed by atoms with E-state index in [2.05, 4.69) is 5.09 Å². The quantitative estimate of drug-likeness (QED) is 0.461. The molecule has 0 spiro atoms. The van der Waals surface area contributed by atoms with E-state index in [-0.39, 0.29) is 0 Å². The first kappa shape index (κ1) is 20.0. The number of rotatable bonds is 6. The van der Waals surface area contributed by atoms with E-state index in [0.29, 0.717) is 17.2 Å². The van der Waals surface area contributed by atoms with Crippen molar-refractivity contribution in [3.05, 3.63) is 88.5 Å². The van der Waals surface area contributed by atoms with Gasteiger partial charge in [0.1, 0.15) is 11.5 Å². The summed E-state index contributed by atoms with van der Waals surface area (Å²) in [7, 11) is -3.74. The molecule has 1 N–H and O–H groups in total. The third kappa shape index (κ3) is 4.58. The molecule has 0 aromatic heterocycles. The van der Waals surface area contributed by atoms with Crippen LogP contribution >= 0.6 is 7.75 Å². The molecule has 5 heteroatoms. The third-order valence-electron chi connectivity index (χ3n) is 4.86. The van der Waals surface area contributed by atoms with E-state index >= 15 is 0 Å². The van der Waals surface area contributed by atoms with Gasteiger partial charge in [0.2, 0.25) is 0 Å². The Labute approximate surface area is 167 Å². The minimum atomic E-state index is -3.74. The summed E-state index contributed by atoms with van der Waals surface area (Å²) in [4.78, 5) is 0. The second-order valence-electron chi connectivity index (χ2n) is 7.05. The van der Waals surface area contributed by atoms with E-state index in [9.17, 15) is 4.57 Å². The molecule has 0 aliphatic carbocycles. The van der Waals surface area contributed by atoms with Crippen LogP contribution in [0.4, 0.5) is 5.69 Å². The first-order valence-electron chi connectivity index (χ1n) is 9.24. The van der Waals surface area contributed by atoms with Gasteiger partial charge in [-0.25, -0.2) is 4.57 Å². The Hall–Kier alpha value is -2.71. The summed E-state index contributed by atoms with van der Waals surface area (Å²) >= 11 is 0. The van der Waals surface area contributed by atoms with Gasteiger partial charge in [0.25, 0.3) is 0 Å². The number of anilines is 1. The molecule has 0 amide bonds. The molecular formula is C23H26NO3P. The number of hydrogen-bond donors (Lipinski definition) is 1. The first-order valence-corrected chi connectivity index (χ1v) is 10.8. The molecule has 0 fully saturated rings. The molecule has 0 unspecified atom stereocenters. The maximum Gasteiger partial charge on any atom is 0.541 e. The Kier molecular flexibility index (Phi) is 5.81. The highest BCUT2D eigenvalue weighted by Crippen LogP contribution is 2.50. The summed E-state index contributed by atoms with van der Waals surface area (Å²) in [5.41, 5.74) is 5.77. The van der Waals surface area contributed by atoms with Crippen LogP contribution in [0.2, 0.25) is 0 Å². The second-order valence-corrected chi connectivity index (χ2v) is 8.64. The van der Waals surface area contributed by atoms with Crippen molar-refractivity contribution < 1.29 is 13.6 Å². The fourth-order valence-corrected chi connectivity index (χ4v) is 4.26. The van der Waals surface area contributed by atoms with Crippen molar-refractivity contribution in [2.75, 3.05) is 5.09 Å². The molecule has 3 rings (SSSR count). The highest BCUT2D eigenvalue weighted by atomic mass is 31.2. The Morgan fingerprint density at radius 2 is 1.14 bits per heavy atom. The number of benzene rings is 3. The maximum absolute atomic E-state index is 13.8. The SMILES string of the molecule is Cc1ccc(NP(=O)(Oc2cccc(C)c2C)Oc2cccc(C)c2C)cc1. The van der Waals surface area contributed by atoms with Crippen LogP contribution < -0.4 is 14.1 Å². The van der Waals surface area contributed by atoms with E-state index in [0.717, 1.165) is 27.8 Å². The van der Waals surface area contributed by atoms with Crippen molar-refractivity contribution in [2.45, 2.75) is 34.6 Å². The van der Waals surface area contributed by atoms with Crippen LogP contribution in [0.25, 0.3) is 0 Å². The average molecular weight is 395 g/mol. The molecule has 0 saturated heterocycles. The van der Waals surface area contributed by atoms with Crippen LogP contribution in [0, 0.1) is 34.6 Å². The fraction of sp³-hybridized carbons (Fsp3) is 0.217. The standard InChI is InChI=1S/C23H26NO3P/c1-16-12-14-21(15-13-16)24-28(25,26-22-10-6-8-17(2)19(22)4)27-23-11-7-9-18(3)20(23)5/h6-15H,1-5H3,(H,24,25). The van der Waals surface area contributed by atoms with Gasteiger partial charge in [-0.3, -0.25) is 5.09 Å². The summed E-state index contributed by atoms with van der Waals surface area (Å²) < 4.78 is 25.7. The second kappa shape index (κ2) is 8.12. The van der Waals surface area contributed by atoms with Gasteiger partial charge in [0.05, 0.1) is 0 Å².